The number of quaternary nitrogens is 4. The number of nitrogens with zero attached hydrogens (tertiary/aromatic N) is 7. The van der Waals surface area contributed by atoms with Crippen LogP contribution < -0.4 is 27.4 Å². The average molecular weight is 641 g/mol. The van der Waals surface area contributed by atoms with E-state index in [9.17, 15) is 19.5 Å². The molecule has 0 radical (unpaired) electrons. The number of hydrogen-bond acceptors (Lipinski definition) is 6. The van der Waals surface area contributed by atoms with Gasteiger partial charge in [0.15, 0.2) is 0 Å². The second-order valence-electron chi connectivity index (χ2n) is 16.8. The van der Waals surface area contributed by atoms with E-state index in [-0.39, 0.29) is 24.5 Å². The van der Waals surface area contributed by atoms with Crippen molar-refractivity contribution in [3.05, 3.63) is 48.6 Å². The van der Waals surface area contributed by atoms with E-state index in [0.29, 0.717) is 87.8 Å². The summed E-state index contributed by atoms with van der Waals surface area (Å²) in [4.78, 5) is 47.7. The molecular formula is C34H56N8O4+4. The van der Waals surface area contributed by atoms with Crippen molar-refractivity contribution < 1.29 is 23.0 Å². The van der Waals surface area contributed by atoms with Crippen molar-refractivity contribution in [1.82, 2.24) is 9.13 Å². The molecule has 0 atom stereocenters. The van der Waals surface area contributed by atoms with Crippen molar-refractivity contribution in [1.29, 1.82) is 0 Å². The van der Waals surface area contributed by atoms with Crippen LogP contribution in [0.25, 0.3) is 32.7 Å². The highest BCUT2D eigenvalue weighted by Crippen LogP contribution is 2.40. The third kappa shape index (κ3) is 7.68. The fourth-order valence-corrected chi connectivity index (χ4v) is 5.63. The fraction of sp³-hybridized carbons (Fsp3) is 0.588. The molecule has 1 aromatic heterocycles. The summed E-state index contributed by atoms with van der Waals surface area (Å²) in [5.41, 5.74) is 0.0972. The molecule has 0 bridgehead atoms. The van der Waals surface area contributed by atoms with Gasteiger partial charge in [-0.25, -0.2) is 0 Å². The van der Waals surface area contributed by atoms with Gasteiger partial charge in [-0.15, -0.1) is 0 Å². The van der Waals surface area contributed by atoms with E-state index in [4.69, 9.17) is 4.99 Å². The summed E-state index contributed by atoms with van der Waals surface area (Å²) in [6.45, 7) is 4.21. The summed E-state index contributed by atoms with van der Waals surface area (Å²) in [6.07, 6.45) is 0. The Labute approximate surface area is 272 Å². The third-order valence-corrected chi connectivity index (χ3v) is 8.41. The topological polar surface area (TPSA) is 106 Å². The lowest BCUT2D eigenvalue weighted by Crippen LogP contribution is -2.44. The average Bonchev–Trinajstić information content (AvgIpc) is 2.88. The lowest BCUT2D eigenvalue weighted by Gasteiger charge is -2.27. The van der Waals surface area contributed by atoms with E-state index in [1.54, 1.807) is 12.1 Å². The van der Waals surface area contributed by atoms with Gasteiger partial charge < -0.3 is 28.4 Å². The number of rotatable bonds is 13. The zero-order chi connectivity index (χ0) is 34.6. The van der Waals surface area contributed by atoms with Crippen LogP contribution in [0, 0.1) is 0 Å². The van der Waals surface area contributed by atoms with Gasteiger partial charge in [0.2, 0.25) is 5.88 Å². The summed E-state index contributed by atoms with van der Waals surface area (Å²) in [6, 6.07) is 3.48. The van der Waals surface area contributed by atoms with E-state index in [0.717, 1.165) is 13.1 Å². The zero-order valence-electron chi connectivity index (χ0n) is 30.1. The Balaban J connectivity index is 2.19. The maximum absolute atomic E-state index is 14.3. The molecule has 2 aromatic rings. The molecule has 0 saturated carbocycles. The molecule has 252 valence electrons. The molecule has 12 nitrogen and oxygen atoms in total. The highest BCUT2D eigenvalue weighted by atomic mass is 16.3. The minimum absolute atomic E-state index is 0.172. The van der Waals surface area contributed by atoms with E-state index in [2.05, 4.69) is 47.6 Å². The molecule has 46 heavy (non-hydrogen) atoms. The number of anilines is 1. The normalized spacial score (nSPS) is 14.0. The van der Waals surface area contributed by atoms with Crippen molar-refractivity contribution in [3.63, 3.8) is 0 Å². The van der Waals surface area contributed by atoms with Crippen molar-refractivity contribution in [2.75, 3.05) is 129 Å². The molecule has 1 aliphatic heterocycles. The molecule has 0 spiro atoms. The van der Waals surface area contributed by atoms with Crippen LogP contribution in [0.4, 0.5) is 5.69 Å². The van der Waals surface area contributed by atoms with Crippen LogP contribution in [0.15, 0.2) is 31.5 Å². The van der Waals surface area contributed by atoms with Gasteiger partial charge in [-0.05, 0) is 12.1 Å². The minimum Gasteiger partial charge on any atom is -0.494 e. The highest BCUT2D eigenvalue weighted by molar-refractivity contribution is 6.18. The summed E-state index contributed by atoms with van der Waals surface area (Å²) < 4.78 is 5.31. The summed E-state index contributed by atoms with van der Waals surface area (Å²) in [7, 11) is 24.7. The fourth-order valence-electron chi connectivity index (χ4n) is 5.63. The Morgan fingerprint density at radius 2 is 1.17 bits per heavy atom. The standard InChI is InChI=1S/C34H54N8O4/c1-39(2,3)17-13-35-25-21-23-28-27-24(32(44)37(33(45)29(25)27)15-19-41(7,8)9)22-26(36-14-18-40(4,5)6)30(28)34(46)38(31(23)43)16-20-42(10,11)12/h21-22H,13-20H2,1-12H3/q+2/p+2. The van der Waals surface area contributed by atoms with E-state index < -0.39 is 11.1 Å². The van der Waals surface area contributed by atoms with Crippen LogP contribution in [-0.2, 0) is 13.1 Å². The molecule has 0 fully saturated rings. The second kappa shape index (κ2) is 12.2. The predicted octanol–water partition coefficient (Wildman–Crippen LogP) is 0.500. The third-order valence-electron chi connectivity index (χ3n) is 8.41. The van der Waals surface area contributed by atoms with Gasteiger partial charge in [0.05, 0.1) is 159 Å². The number of hydrogen-bond donors (Lipinski definition) is 2. The van der Waals surface area contributed by atoms with Gasteiger partial charge in [0.25, 0.3) is 16.7 Å². The molecular weight excluding hydrogens is 584 g/mol. The Kier molecular flexibility index (Phi) is 9.37. The lowest BCUT2D eigenvalue weighted by atomic mass is 9.89. The smallest absolute Gasteiger partial charge is 0.263 e. The molecule has 1 aliphatic carbocycles. The first kappa shape index (κ1) is 35.3. The Bertz CT molecular complexity index is 1930. The van der Waals surface area contributed by atoms with Crippen molar-refractivity contribution >= 4 is 27.2 Å². The van der Waals surface area contributed by atoms with Gasteiger partial charge in [-0.3, -0.25) is 28.5 Å². The number of aromatic nitrogens is 2. The lowest BCUT2D eigenvalue weighted by molar-refractivity contribution is -0.871. The molecule has 2 heterocycles. The summed E-state index contributed by atoms with van der Waals surface area (Å²) >= 11 is 0. The molecule has 1 aromatic carbocycles. The monoisotopic (exact) mass is 640 g/mol. The van der Waals surface area contributed by atoms with Gasteiger partial charge >= 0.3 is 0 Å². The van der Waals surface area contributed by atoms with Crippen molar-refractivity contribution in [2.24, 2.45) is 4.99 Å². The van der Waals surface area contributed by atoms with Crippen molar-refractivity contribution in [3.8, 4) is 17.0 Å². The van der Waals surface area contributed by atoms with Crippen LogP contribution in [-0.4, -0.2) is 156 Å². The molecule has 4 rings (SSSR count). The Morgan fingerprint density at radius 3 is 1.72 bits per heavy atom. The summed E-state index contributed by atoms with van der Waals surface area (Å²) in [5, 5.41) is 17.2. The molecule has 0 saturated heterocycles. The number of nitrogens with one attached hydrogen (secondary N) is 1. The van der Waals surface area contributed by atoms with Gasteiger partial charge in [0.1, 0.15) is 0 Å². The zero-order valence-corrected chi connectivity index (χ0v) is 30.1. The molecule has 2 aliphatic rings. The van der Waals surface area contributed by atoms with Crippen LogP contribution in [0.1, 0.15) is 0 Å². The number of likely N-dealkylation sites (N-methyl/N-ethyl adjacent to an activating group) is 4. The maximum atomic E-state index is 14.3. The number of pyridine rings is 2. The van der Waals surface area contributed by atoms with E-state index >= 15 is 0 Å². The van der Waals surface area contributed by atoms with Gasteiger partial charge in [0, 0.05) is 22.0 Å². The maximum Gasteiger partial charge on any atom is 0.263 e. The number of aromatic hydroxyl groups is 1. The van der Waals surface area contributed by atoms with Gasteiger partial charge in [-0.1, -0.05) is 0 Å². The first-order chi connectivity index (χ1) is 21.0. The second-order valence-corrected chi connectivity index (χ2v) is 16.8. The largest absolute Gasteiger partial charge is 0.494 e. The minimum atomic E-state index is -0.408. The Hall–Kier alpha value is -3.58. The SMILES string of the molecule is C[N+](C)(C)CCN=c1cc2c(=O)n(CC[N+](C)(C)C)c(=O)c3c(NCC[N+](C)(C)C)cc4c(O)n(CC[N+](C)(C)C)c(=O)c1c4c3-2. The molecule has 2 N–H and O–H groups in total. The number of benzene rings is 2. The van der Waals surface area contributed by atoms with Crippen LogP contribution in [0.3, 0.4) is 0 Å². The molecule has 0 unspecified atom stereocenters. The van der Waals surface area contributed by atoms with Crippen LogP contribution in [0.2, 0.25) is 0 Å². The van der Waals surface area contributed by atoms with Crippen LogP contribution >= 0.6 is 0 Å². The molecule has 0 amide bonds. The van der Waals surface area contributed by atoms with Crippen molar-refractivity contribution in [2.45, 2.75) is 13.1 Å². The van der Waals surface area contributed by atoms with E-state index in [1.807, 2.05) is 42.3 Å². The van der Waals surface area contributed by atoms with Crippen LogP contribution in [0.5, 0.6) is 5.88 Å². The highest BCUT2D eigenvalue weighted by Gasteiger charge is 2.30. The predicted molar refractivity (Wildman–Crippen MR) is 187 cm³/mol. The first-order valence-corrected chi connectivity index (χ1v) is 16.0. The Morgan fingerprint density at radius 1 is 0.652 bits per heavy atom. The first-order valence-electron chi connectivity index (χ1n) is 16.0. The molecule has 12 heteroatoms. The van der Waals surface area contributed by atoms with Gasteiger partial charge in [-0.2, -0.15) is 0 Å². The summed E-state index contributed by atoms with van der Waals surface area (Å²) in [5.74, 6) is -0.172. The van der Waals surface area contributed by atoms with E-state index in [1.165, 1.54) is 9.13 Å². The quantitative estimate of drug-likeness (QED) is 0.164.